The predicted molar refractivity (Wildman–Crippen MR) is 88.5 cm³/mol. The molecular formula is C18H20F2N2O2. The first-order valence-corrected chi connectivity index (χ1v) is 7.65. The van der Waals surface area contributed by atoms with Crippen LogP contribution >= 0.6 is 0 Å². The Balaban J connectivity index is 1.85. The molecule has 2 aromatic rings. The van der Waals surface area contributed by atoms with Crippen LogP contribution in [0.5, 0.6) is 0 Å². The van der Waals surface area contributed by atoms with Crippen molar-refractivity contribution in [1.82, 2.24) is 5.32 Å². The van der Waals surface area contributed by atoms with Crippen LogP contribution in [0, 0.1) is 11.6 Å². The third-order valence-corrected chi connectivity index (χ3v) is 3.54. The van der Waals surface area contributed by atoms with Gasteiger partial charge in [-0.2, -0.15) is 0 Å². The van der Waals surface area contributed by atoms with Crippen LogP contribution in [0.4, 0.5) is 14.5 Å². The number of carbonyl (C=O) groups excluding carboxylic acids is 1. The van der Waals surface area contributed by atoms with E-state index in [9.17, 15) is 13.6 Å². The van der Waals surface area contributed by atoms with Crippen molar-refractivity contribution in [2.24, 2.45) is 0 Å². The zero-order valence-corrected chi connectivity index (χ0v) is 13.4. The summed E-state index contributed by atoms with van der Waals surface area (Å²) < 4.78 is 27.2. The lowest BCUT2D eigenvalue weighted by atomic mass is 10.1. The molecule has 1 unspecified atom stereocenters. The summed E-state index contributed by atoms with van der Waals surface area (Å²) in [6.45, 7) is 1.64. The highest BCUT2D eigenvalue weighted by molar-refractivity contribution is 5.81. The van der Waals surface area contributed by atoms with Gasteiger partial charge in [0.05, 0.1) is 13.2 Å². The Morgan fingerprint density at radius 2 is 1.83 bits per heavy atom. The van der Waals surface area contributed by atoms with E-state index >= 15 is 0 Å². The van der Waals surface area contributed by atoms with E-state index in [2.05, 4.69) is 10.6 Å². The minimum Gasteiger partial charge on any atom is -0.392 e. The summed E-state index contributed by atoms with van der Waals surface area (Å²) in [6, 6.07) is 10.4. The van der Waals surface area contributed by atoms with Gasteiger partial charge in [0.15, 0.2) is 0 Å². The number of hydrogen-bond donors (Lipinski definition) is 3. The molecule has 2 rings (SSSR count). The third kappa shape index (κ3) is 5.03. The standard InChI is InChI=1S/C18H20F2N2O2/c1-12(8-15-16(19)6-3-7-17(15)20)22-18(24)10-21-14-5-2-4-13(9-14)11-23/h2-7,9,12,21,23H,8,10-11H2,1H3,(H,22,24). The number of amides is 1. The molecule has 128 valence electrons. The van der Waals surface area contributed by atoms with Gasteiger partial charge in [-0.3, -0.25) is 4.79 Å². The fourth-order valence-corrected chi connectivity index (χ4v) is 2.37. The average Bonchev–Trinajstić information content (AvgIpc) is 2.56. The maximum absolute atomic E-state index is 13.6. The van der Waals surface area contributed by atoms with E-state index in [4.69, 9.17) is 5.11 Å². The molecule has 1 atom stereocenters. The summed E-state index contributed by atoms with van der Waals surface area (Å²) in [6.07, 6.45) is 0.0737. The van der Waals surface area contributed by atoms with Gasteiger partial charge < -0.3 is 15.7 Å². The molecule has 0 saturated carbocycles. The summed E-state index contributed by atoms with van der Waals surface area (Å²) in [5.41, 5.74) is 1.42. The molecular weight excluding hydrogens is 314 g/mol. The molecule has 0 aliphatic heterocycles. The van der Waals surface area contributed by atoms with Gasteiger partial charge >= 0.3 is 0 Å². The van der Waals surface area contributed by atoms with E-state index in [0.717, 1.165) is 5.56 Å². The van der Waals surface area contributed by atoms with Gasteiger partial charge in [0, 0.05) is 17.3 Å². The molecule has 24 heavy (non-hydrogen) atoms. The zero-order chi connectivity index (χ0) is 17.5. The summed E-state index contributed by atoms with van der Waals surface area (Å²) >= 11 is 0. The molecule has 3 N–H and O–H groups in total. The summed E-state index contributed by atoms with van der Waals surface area (Å²) in [4.78, 5) is 11.9. The Morgan fingerprint density at radius 1 is 1.17 bits per heavy atom. The van der Waals surface area contributed by atoms with Crippen LogP contribution in [-0.2, 0) is 17.8 Å². The van der Waals surface area contributed by atoms with E-state index in [1.165, 1.54) is 18.2 Å². The highest BCUT2D eigenvalue weighted by Gasteiger charge is 2.14. The average molecular weight is 334 g/mol. The molecule has 0 aromatic heterocycles. The maximum atomic E-state index is 13.6. The number of halogens is 2. The third-order valence-electron chi connectivity index (χ3n) is 3.54. The molecule has 0 aliphatic carbocycles. The predicted octanol–water partition coefficient (Wildman–Crippen LogP) is 2.62. The molecule has 0 bridgehead atoms. The molecule has 0 fully saturated rings. The van der Waals surface area contributed by atoms with Crippen LogP contribution in [0.2, 0.25) is 0 Å². The fourth-order valence-electron chi connectivity index (χ4n) is 2.37. The van der Waals surface area contributed by atoms with Crippen LogP contribution in [0.1, 0.15) is 18.1 Å². The number of nitrogens with one attached hydrogen (secondary N) is 2. The number of benzene rings is 2. The molecule has 0 aliphatic rings. The lowest BCUT2D eigenvalue weighted by Gasteiger charge is -2.15. The molecule has 6 heteroatoms. The Hall–Kier alpha value is -2.47. The lowest BCUT2D eigenvalue weighted by Crippen LogP contribution is -2.38. The second kappa shape index (κ2) is 8.40. The summed E-state index contributed by atoms with van der Waals surface area (Å²) in [5, 5.41) is 14.7. The van der Waals surface area contributed by atoms with Gasteiger partial charge in [-0.1, -0.05) is 18.2 Å². The minimum atomic E-state index is -0.616. The van der Waals surface area contributed by atoms with Gasteiger partial charge in [-0.25, -0.2) is 8.78 Å². The van der Waals surface area contributed by atoms with Gasteiger partial charge in [0.2, 0.25) is 5.91 Å². The van der Waals surface area contributed by atoms with Crippen molar-refractivity contribution in [3.63, 3.8) is 0 Å². The highest BCUT2D eigenvalue weighted by Crippen LogP contribution is 2.14. The Kier molecular flexibility index (Phi) is 6.26. The number of anilines is 1. The SMILES string of the molecule is CC(Cc1c(F)cccc1F)NC(=O)CNc1cccc(CO)c1. The van der Waals surface area contributed by atoms with Crippen LogP contribution in [0.15, 0.2) is 42.5 Å². The van der Waals surface area contributed by atoms with Crippen LogP contribution in [-0.4, -0.2) is 23.6 Å². The molecule has 0 spiro atoms. The second-order valence-electron chi connectivity index (χ2n) is 5.58. The van der Waals surface area contributed by atoms with Gasteiger partial charge in [-0.05, 0) is 43.2 Å². The number of rotatable bonds is 7. The number of hydrogen-bond acceptors (Lipinski definition) is 3. The lowest BCUT2D eigenvalue weighted by molar-refractivity contribution is -0.120. The molecule has 1 amide bonds. The van der Waals surface area contributed by atoms with Crippen LogP contribution in [0.25, 0.3) is 0 Å². The van der Waals surface area contributed by atoms with E-state index < -0.39 is 17.7 Å². The van der Waals surface area contributed by atoms with Crippen LogP contribution in [0.3, 0.4) is 0 Å². The fraction of sp³-hybridized carbons (Fsp3) is 0.278. The van der Waals surface area contributed by atoms with Crippen molar-refractivity contribution in [2.45, 2.75) is 26.0 Å². The quantitative estimate of drug-likeness (QED) is 0.729. The van der Waals surface area contributed by atoms with E-state index in [0.29, 0.717) is 5.69 Å². The van der Waals surface area contributed by atoms with Gasteiger partial charge in [0.25, 0.3) is 0 Å². The molecule has 2 aromatic carbocycles. The first-order chi connectivity index (χ1) is 11.5. The Morgan fingerprint density at radius 3 is 2.50 bits per heavy atom. The van der Waals surface area contributed by atoms with Crippen LogP contribution < -0.4 is 10.6 Å². The first-order valence-electron chi connectivity index (χ1n) is 7.65. The molecule has 0 saturated heterocycles. The van der Waals surface area contributed by atoms with Gasteiger partial charge in [-0.15, -0.1) is 0 Å². The summed E-state index contributed by atoms with van der Waals surface area (Å²) in [5.74, 6) is -1.52. The number of carbonyl (C=O) groups is 1. The smallest absolute Gasteiger partial charge is 0.239 e. The Labute approximate surface area is 139 Å². The van der Waals surface area contributed by atoms with Crippen molar-refractivity contribution < 1.29 is 18.7 Å². The summed E-state index contributed by atoms with van der Waals surface area (Å²) in [7, 11) is 0. The van der Waals surface area contributed by atoms with E-state index in [1.807, 2.05) is 0 Å². The molecule has 4 nitrogen and oxygen atoms in total. The van der Waals surface area contributed by atoms with Crippen molar-refractivity contribution in [2.75, 3.05) is 11.9 Å². The second-order valence-corrected chi connectivity index (χ2v) is 5.58. The largest absolute Gasteiger partial charge is 0.392 e. The topological polar surface area (TPSA) is 61.4 Å². The maximum Gasteiger partial charge on any atom is 0.239 e. The van der Waals surface area contributed by atoms with Crippen molar-refractivity contribution in [3.8, 4) is 0 Å². The van der Waals surface area contributed by atoms with Crippen molar-refractivity contribution in [1.29, 1.82) is 0 Å². The molecule has 0 radical (unpaired) electrons. The van der Waals surface area contributed by atoms with E-state index in [-0.39, 0.29) is 31.0 Å². The highest BCUT2D eigenvalue weighted by atomic mass is 19.1. The Bertz CT molecular complexity index is 687. The zero-order valence-electron chi connectivity index (χ0n) is 13.4. The first kappa shape index (κ1) is 17.9. The van der Waals surface area contributed by atoms with E-state index in [1.54, 1.807) is 31.2 Å². The monoisotopic (exact) mass is 334 g/mol. The van der Waals surface area contributed by atoms with Crippen molar-refractivity contribution in [3.05, 3.63) is 65.2 Å². The normalized spacial score (nSPS) is 11.8. The minimum absolute atomic E-state index is 0.0268. The number of aliphatic hydroxyl groups excluding tert-OH is 1. The van der Waals surface area contributed by atoms with Gasteiger partial charge in [0.1, 0.15) is 11.6 Å². The molecule has 0 heterocycles. The van der Waals surface area contributed by atoms with Crippen molar-refractivity contribution >= 4 is 11.6 Å². The number of aliphatic hydroxyl groups is 1.